The Kier molecular flexibility index (Phi) is 71.6. The van der Waals surface area contributed by atoms with E-state index in [1.54, 1.807) is 0 Å². The second-order valence-electron chi connectivity index (χ2n) is 29.1. The fourth-order valence-corrected chi connectivity index (χ4v) is 14.0. The molecule has 0 fully saturated rings. The van der Waals surface area contributed by atoms with Crippen molar-refractivity contribution in [3.63, 3.8) is 0 Å². The Bertz CT molecular complexity index is 1890. The largest absolute Gasteiger partial charge is 0.472 e. The summed E-state index contributed by atoms with van der Waals surface area (Å²) in [4.78, 5) is 72.9. The third-order valence-corrected chi connectivity index (χ3v) is 21.0. The zero-order chi connectivity index (χ0) is 72.7. The minimum Gasteiger partial charge on any atom is -0.462 e. The molecule has 0 amide bonds. The van der Waals surface area contributed by atoms with Gasteiger partial charge in [0.25, 0.3) is 0 Å². The Labute approximate surface area is 607 Å². The zero-order valence-electron chi connectivity index (χ0n) is 64.6. The van der Waals surface area contributed by atoms with Crippen molar-refractivity contribution in [2.45, 2.75) is 445 Å². The van der Waals surface area contributed by atoms with Gasteiger partial charge in [0.1, 0.15) is 19.3 Å². The Morgan fingerprint density at radius 1 is 0.283 bits per heavy atom. The van der Waals surface area contributed by atoms with E-state index in [0.717, 1.165) is 95.8 Å². The Hall–Kier alpha value is -1.94. The molecular weight excluding hydrogens is 1290 g/mol. The number of hydrogen-bond donors (Lipinski definition) is 3. The molecule has 0 heterocycles. The summed E-state index contributed by atoms with van der Waals surface area (Å²) in [5.74, 6) is -1.34. The number of carbonyl (C=O) groups is 4. The molecule has 19 heteroatoms. The van der Waals surface area contributed by atoms with Gasteiger partial charge in [0, 0.05) is 25.7 Å². The normalized spacial score (nSPS) is 14.1. The Balaban J connectivity index is 5.22. The van der Waals surface area contributed by atoms with Crippen LogP contribution < -0.4 is 0 Å². The number of phosphoric acid groups is 2. The molecule has 0 aromatic heterocycles. The van der Waals surface area contributed by atoms with E-state index >= 15 is 0 Å². The maximum absolute atomic E-state index is 13.1. The van der Waals surface area contributed by atoms with Gasteiger partial charge in [0.05, 0.1) is 26.4 Å². The van der Waals surface area contributed by atoms with Crippen molar-refractivity contribution in [1.29, 1.82) is 0 Å². The summed E-state index contributed by atoms with van der Waals surface area (Å²) < 4.78 is 68.7. The van der Waals surface area contributed by atoms with Crippen molar-refractivity contribution in [3.05, 3.63) is 0 Å². The van der Waals surface area contributed by atoms with E-state index in [1.807, 2.05) is 0 Å². The predicted molar refractivity (Wildman–Crippen MR) is 405 cm³/mol. The van der Waals surface area contributed by atoms with Gasteiger partial charge in [0.15, 0.2) is 12.2 Å². The third kappa shape index (κ3) is 72.8. The van der Waals surface area contributed by atoms with E-state index in [0.29, 0.717) is 25.7 Å². The minimum absolute atomic E-state index is 0.106. The number of carbonyl (C=O) groups excluding carboxylic acids is 4. The van der Waals surface area contributed by atoms with Gasteiger partial charge < -0.3 is 33.8 Å². The molecule has 3 unspecified atom stereocenters. The van der Waals surface area contributed by atoms with Crippen LogP contribution in [0.1, 0.15) is 426 Å². The number of aliphatic hydroxyl groups excluding tert-OH is 1. The highest BCUT2D eigenvalue weighted by Crippen LogP contribution is 2.45. The summed E-state index contributed by atoms with van der Waals surface area (Å²) in [6, 6.07) is 0. The molecule has 0 saturated carbocycles. The molecule has 0 spiro atoms. The number of aliphatic hydroxyl groups is 1. The van der Waals surface area contributed by atoms with Crippen molar-refractivity contribution in [3.8, 4) is 0 Å². The summed E-state index contributed by atoms with van der Waals surface area (Å²) in [5, 5.41) is 10.6. The topological polar surface area (TPSA) is 237 Å². The Morgan fingerprint density at radius 2 is 0.485 bits per heavy atom. The summed E-state index contributed by atoms with van der Waals surface area (Å²) in [6.45, 7) is 7.31. The number of hydrogen-bond acceptors (Lipinski definition) is 15. The molecule has 0 bridgehead atoms. The molecule has 0 aliphatic rings. The summed E-state index contributed by atoms with van der Waals surface area (Å²) >= 11 is 0. The first-order chi connectivity index (χ1) is 48.1. The number of unbranched alkanes of at least 4 members (excludes halogenated alkanes) is 51. The summed E-state index contributed by atoms with van der Waals surface area (Å²) in [6.07, 6.45) is 63.8. The fourth-order valence-electron chi connectivity index (χ4n) is 12.4. The summed E-state index contributed by atoms with van der Waals surface area (Å²) in [5.41, 5.74) is 0. The molecule has 0 radical (unpaired) electrons. The van der Waals surface area contributed by atoms with Gasteiger partial charge in [0.2, 0.25) is 0 Å². The quantitative estimate of drug-likeness (QED) is 0.0222. The fraction of sp³-hybridized carbons (Fsp3) is 0.950. The first-order valence-electron chi connectivity index (χ1n) is 41.7. The lowest BCUT2D eigenvalue weighted by atomic mass is 9.99. The molecule has 6 atom stereocenters. The second-order valence-corrected chi connectivity index (χ2v) is 32.0. The lowest BCUT2D eigenvalue weighted by Gasteiger charge is -2.21. The van der Waals surface area contributed by atoms with Gasteiger partial charge in [-0.05, 0) is 31.6 Å². The third-order valence-electron chi connectivity index (χ3n) is 19.1. The standard InChI is InChI=1S/C80H156O17P2/c1-6-10-13-16-19-22-25-27-29-31-32-33-35-37-39-41-44-50-55-60-65-79(84)96-75(69-91-78(83)64-59-54-49-43-40-38-36-34-30-28-26-23-20-17-14-11-7-2)71-94-98(86,87)92-67-74(81)68-93-99(88,89)95-72-76(70-90-77(82)63-58-53-48-42-24-21-18-15-12-8-3)97-80(85)66-61-56-51-46-45-47-52-57-62-73(5)9-4/h73-76,81H,6-72H2,1-5H3,(H,86,87)(H,88,89)/t73?,74-,75-,76-/m1/s1. The zero-order valence-corrected chi connectivity index (χ0v) is 66.4. The molecular formula is C80H156O17P2. The van der Waals surface area contributed by atoms with Crippen molar-refractivity contribution in [1.82, 2.24) is 0 Å². The van der Waals surface area contributed by atoms with E-state index in [1.165, 1.54) is 250 Å². The van der Waals surface area contributed by atoms with Crippen LogP contribution in [0.4, 0.5) is 0 Å². The lowest BCUT2D eigenvalue weighted by Crippen LogP contribution is -2.30. The number of rotatable bonds is 80. The van der Waals surface area contributed by atoms with Gasteiger partial charge in [-0.3, -0.25) is 37.3 Å². The number of esters is 4. The lowest BCUT2D eigenvalue weighted by molar-refractivity contribution is -0.161. The highest BCUT2D eigenvalue weighted by molar-refractivity contribution is 7.47. The van der Waals surface area contributed by atoms with Gasteiger partial charge in [-0.2, -0.15) is 0 Å². The van der Waals surface area contributed by atoms with Crippen LogP contribution in [0.5, 0.6) is 0 Å². The van der Waals surface area contributed by atoms with E-state index in [4.69, 9.17) is 37.0 Å². The van der Waals surface area contributed by atoms with E-state index in [2.05, 4.69) is 34.6 Å². The van der Waals surface area contributed by atoms with Crippen LogP contribution in [0.25, 0.3) is 0 Å². The van der Waals surface area contributed by atoms with Crippen molar-refractivity contribution in [2.24, 2.45) is 5.92 Å². The van der Waals surface area contributed by atoms with Crippen LogP contribution in [0, 0.1) is 5.92 Å². The highest BCUT2D eigenvalue weighted by atomic mass is 31.2. The van der Waals surface area contributed by atoms with E-state index < -0.39 is 97.5 Å². The monoisotopic (exact) mass is 1450 g/mol. The maximum atomic E-state index is 13.1. The van der Waals surface area contributed by atoms with Crippen molar-refractivity contribution >= 4 is 39.5 Å². The molecule has 0 aromatic carbocycles. The number of phosphoric ester groups is 2. The van der Waals surface area contributed by atoms with Gasteiger partial charge in [-0.1, -0.05) is 375 Å². The molecule has 99 heavy (non-hydrogen) atoms. The van der Waals surface area contributed by atoms with Crippen LogP contribution >= 0.6 is 15.6 Å². The smallest absolute Gasteiger partial charge is 0.462 e. The van der Waals surface area contributed by atoms with Gasteiger partial charge >= 0.3 is 39.5 Å². The van der Waals surface area contributed by atoms with Crippen LogP contribution in [-0.2, 0) is 65.4 Å². The molecule has 588 valence electrons. The first kappa shape index (κ1) is 97.1. The van der Waals surface area contributed by atoms with Gasteiger partial charge in [-0.25, -0.2) is 9.13 Å². The molecule has 0 rings (SSSR count). The van der Waals surface area contributed by atoms with Crippen LogP contribution in [0.2, 0.25) is 0 Å². The van der Waals surface area contributed by atoms with Crippen LogP contribution in [-0.4, -0.2) is 96.7 Å². The Morgan fingerprint density at radius 3 is 0.717 bits per heavy atom. The SMILES string of the molecule is CCCCCCCCCCCCCCCCCCCCCCC(=O)O[C@H](COC(=O)CCCCCCCCCCCCCCCCCCC)COP(=O)(O)OC[C@@H](O)COP(=O)(O)OC[C@@H](COC(=O)CCCCCCCCCCCC)OC(=O)CCCCCCCCCCC(C)CC. The van der Waals surface area contributed by atoms with Gasteiger partial charge in [-0.15, -0.1) is 0 Å². The molecule has 17 nitrogen and oxygen atoms in total. The minimum atomic E-state index is -4.96. The highest BCUT2D eigenvalue weighted by Gasteiger charge is 2.30. The molecule has 0 aromatic rings. The first-order valence-corrected chi connectivity index (χ1v) is 44.7. The molecule has 0 saturated heterocycles. The van der Waals surface area contributed by atoms with Crippen molar-refractivity contribution in [2.75, 3.05) is 39.6 Å². The summed E-state index contributed by atoms with van der Waals surface area (Å²) in [7, 11) is -9.92. The van der Waals surface area contributed by atoms with Crippen molar-refractivity contribution < 1.29 is 80.2 Å². The van der Waals surface area contributed by atoms with E-state index in [9.17, 15) is 43.2 Å². The second kappa shape index (κ2) is 73.0. The molecule has 3 N–H and O–H groups in total. The molecule has 0 aliphatic heterocycles. The average Bonchev–Trinajstić information content (AvgIpc) is 1.02. The molecule has 0 aliphatic carbocycles. The average molecular weight is 1450 g/mol. The van der Waals surface area contributed by atoms with Crippen LogP contribution in [0.3, 0.4) is 0 Å². The predicted octanol–water partition coefficient (Wildman–Crippen LogP) is 24.0. The van der Waals surface area contributed by atoms with Crippen LogP contribution in [0.15, 0.2) is 0 Å². The number of ether oxygens (including phenoxy) is 4. The van der Waals surface area contributed by atoms with E-state index in [-0.39, 0.29) is 25.7 Å². The maximum Gasteiger partial charge on any atom is 0.472 e.